The van der Waals surface area contributed by atoms with Gasteiger partial charge in [0, 0.05) is 38.4 Å². The number of aryl methyl sites for hydroxylation is 2. The van der Waals surface area contributed by atoms with Crippen molar-refractivity contribution in [1.29, 1.82) is 0 Å². The number of morpholine rings is 1. The van der Waals surface area contributed by atoms with Crippen molar-refractivity contribution < 1.29 is 4.74 Å². The topological polar surface area (TPSA) is 80.1 Å². The Morgan fingerprint density at radius 1 is 1.13 bits per heavy atom. The Balaban J connectivity index is 1.31. The molecule has 3 aromatic heterocycles. The molecule has 0 atom stereocenters. The molecule has 0 unspecified atom stereocenters. The minimum atomic E-state index is 0.439. The van der Waals surface area contributed by atoms with Crippen LogP contribution in [0, 0.1) is 6.92 Å². The highest BCUT2D eigenvalue weighted by Gasteiger charge is 2.27. The van der Waals surface area contributed by atoms with Gasteiger partial charge in [-0.25, -0.2) is 4.98 Å². The zero-order valence-corrected chi connectivity index (χ0v) is 18.4. The molecule has 30 heavy (non-hydrogen) atoms. The van der Waals surface area contributed by atoms with E-state index in [0.717, 1.165) is 66.7 Å². The van der Waals surface area contributed by atoms with E-state index in [9.17, 15) is 0 Å². The summed E-state index contributed by atoms with van der Waals surface area (Å²) in [4.78, 5) is 12.2. The molecule has 3 aromatic rings. The molecular weight excluding hydrogens is 398 g/mol. The minimum Gasteiger partial charge on any atom is -0.379 e. The third-order valence-electron chi connectivity index (χ3n) is 6.18. The molecule has 4 heterocycles. The molecule has 0 radical (unpaired) electrons. The zero-order valence-electron chi connectivity index (χ0n) is 17.6. The first-order chi connectivity index (χ1) is 14.7. The van der Waals surface area contributed by atoms with Crippen LogP contribution in [0.4, 0.5) is 16.8 Å². The Labute approximate surface area is 180 Å². The molecule has 9 heteroatoms. The minimum absolute atomic E-state index is 0.439. The van der Waals surface area contributed by atoms with Crippen molar-refractivity contribution in [2.75, 3.05) is 36.9 Å². The van der Waals surface area contributed by atoms with Gasteiger partial charge in [-0.2, -0.15) is 9.36 Å². The number of anilines is 3. The van der Waals surface area contributed by atoms with Crippen molar-refractivity contribution in [2.24, 2.45) is 7.05 Å². The lowest BCUT2D eigenvalue weighted by molar-refractivity contribution is 0.00791. The fourth-order valence-corrected chi connectivity index (χ4v) is 5.26. The van der Waals surface area contributed by atoms with Crippen LogP contribution in [-0.2, 0) is 11.8 Å². The average Bonchev–Trinajstić information content (AvgIpc) is 3.34. The Morgan fingerprint density at radius 3 is 2.67 bits per heavy atom. The lowest BCUT2D eigenvalue weighted by atomic mass is 9.90. The van der Waals surface area contributed by atoms with Gasteiger partial charge in [-0.15, -0.1) is 0 Å². The summed E-state index contributed by atoms with van der Waals surface area (Å²) in [5.74, 6) is 1.52. The fraction of sp³-hybridized carbons (Fsp3) is 0.571. The molecule has 1 aliphatic heterocycles. The smallest absolute Gasteiger partial charge is 0.230 e. The molecule has 1 saturated carbocycles. The molecule has 1 saturated heterocycles. The standard InChI is InChI=1S/C21H29N7OS/c1-14-13-18(30-26-14)24-21-23-17-7-8-27(2)19(17)20(25-21)22-15-3-5-16(6-4-15)28-9-11-29-12-10-28/h7-8,13,15-16H,3-6,9-12H2,1-2H3,(H2,22,23,24,25). The van der Waals surface area contributed by atoms with Crippen LogP contribution in [0.3, 0.4) is 0 Å². The maximum atomic E-state index is 5.51. The van der Waals surface area contributed by atoms with Crippen LogP contribution in [0.5, 0.6) is 0 Å². The third kappa shape index (κ3) is 4.14. The quantitative estimate of drug-likeness (QED) is 0.645. The second kappa shape index (κ2) is 8.49. The van der Waals surface area contributed by atoms with Crippen molar-refractivity contribution in [2.45, 2.75) is 44.7 Å². The number of hydrogen-bond acceptors (Lipinski definition) is 8. The van der Waals surface area contributed by atoms with Crippen molar-refractivity contribution in [1.82, 2.24) is 23.8 Å². The highest BCUT2D eigenvalue weighted by molar-refractivity contribution is 7.10. The molecule has 8 nitrogen and oxygen atoms in total. The molecule has 2 fully saturated rings. The van der Waals surface area contributed by atoms with Gasteiger partial charge in [0.05, 0.1) is 24.4 Å². The molecular formula is C21H29N7OS. The van der Waals surface area contributed by atoms with Crippen molar-refractivity contribution in [3.05, 3.63) is 24.0 Å². The van der Waals surface area contributed by atoms with Gasteiger partial charge in [-0.05, 0) is 56.3 Å². The van der Waals surface area contributed by atoms with E-state index < -0.39 is 0 Å². The zero-order chi connectivity index (χ0) is 20.5. The van der Waals surface area contributed by atoms with Gasteiger partial charge in [0.1, 0.15) is 10.5 Å². The van der Waals surface area contributed by atoms with Gasteiger partial charge in [0.15, 0.2) is 5.82 Å². The summed E-state index contributed by atoms with van der Waals surface area (Å²) in [5.41, 5.74) is 3.00. The second-order valence-electron chi connectivity index (χ2n) is 8.31. The molecule has 0 amide bonds. The Kier molecular flexibility index (Phi) is 5.58. The Bertz CT molecular complexity index is 1000. The summed E-state index contributed by atoms with van der Waals surface area (Å²) in [6, 6.07) is 5.19. The number of ether oxygens (including phenoxy) is 1. The molecule has 0 spiro atoms. The van der Waals surface area contributed by atoms with E-state index in [1.807, 2.05) is 32.3 Å². The first kappa shape index (κ1) is 19.7. The van der Waals surface area contributed by atoms with E-state index in [1.54, 1.807) is 0 Å². The van der Waals surface area contributed by atoms with Crippen LogP contribution < -0.4 is 10.6 Å². The van der Waals surface area contributed by atoms with E-state index in [0.29, 0.717) is 18.0 Å². The summed E-state index contributed by atoms with van der Waals surface area (Å²) in [7, 11) is 2.05. The van der Waals surface area contributed by atoms with E-state index in [2.05, 4.69) is 24.5 Å². The van der Waals surface area contributed by atoms with Crippen molar-refractivity contribution in [3.63, 3.8) is 0 Å². The average molecular weight is 428 g/mol. The predicted octanol–water partition coefficient (Wildman–Crippen LogP) is 3.53. The number of rotatable bonds is 5. The molecule has 0 aromatic carbocycles. The summed E-state index contributed by atoms with van der Waals surface area (Å²) in [6.07, 6.45) is 6.82. The number of nitrogens with one attached hydrogen (secondary N) is 2. The number of nitrogens with zero attached hydrogens (tertiary/aromatic N) is 5. The van der Waals surface area contributed by atoms with Gasteiger partial charge < -0.3 is 19.9 Å². The summed E-state index contributed by atoms with van der Waals surface area (Å²) in [5, 5.41) is 8.02. The lowest BCUT2D eigenvalue weighted by Gasteiger charge is -2.39. The SMILES string of the molecule is Cc1cc(Nc2nc(NC3CCC(N4CCOCC4)CC3)c3c(ccn3C)n2)sn1. The van der Waals surface area contributed by atoms with Gasteiger partial charge >= 0.3 is 0 Å². The van der Waals surface area contributed by atoms with Crippen LogP contribution in [0.15, 0.2) is 18.3 Å². The summed E-state index contributed by atoms with van der Waals surface area (Å²) >= 11 is 1.43. The molecule has 160 valence electrons. The molecule has 1 aliphatic carbocycles. The lowest BCUT2D eigenvalue weighted by Crippen LogP contribution is -2.46. The van der Waals surface area contributed by atoms with Crippen molar-refractivity contribution in [3.8, 4) is 0 Å². The summed E-state index contributed by atoms with van der Waals surface area (Å²) < 4.78 is 11.9. The fourth-order valence-electron chi connectivity index (χ4n) is 4.60. The molecule has 2 N–H and O–H groups in total. The third-order valence-corrected chi connectivity index (χ3v) is 6.98. The van der Waals surface area contributed by atoms with Gasteiger partial charge in [0.25, 0.3) is 0 Å². The van der Waals surface area contributed by atoms with Crippen LogP contribution in [0.25, 0.3) is 11.0 Å². The normalized spacial score (nSPS) is 23.0. The van der Waals surface area contributed by atoms with Crippen LogP contribution in [0.2, 0.25) is 0 Å². The highest BCUT2D eigenvalue weighted by atomic mass is 32.1. The maximum Gasteiger partial charge on any atom is 0.230 e. The summed E-state index contributed by atoms with van der Waals surface area (Å²) in [6.45, 7) is 5.89. The Hall–Kier alpha value is -2.23. The van der Waals surface area contributed by atoms with Gasteiger partial charge in [-0.3, -0.25) is 4.90 Å². The monoisotopic (exact) mass is 427 g/mol. The number of hydrogen-bond donors (Lipinski definition) is 2. The van der Waals surface area contributed by atoms with Crippen molar-refractivity contribution >= 4 is 39.3 Å². The number of fused-ring (bicyclic) bond motifs is 1. The maximum absolute atomic E-state index is 5.51. The molecule has 2 aliphatic rings. The first-order valence-electron chi connectivity index (χ1n) is 10.8. The predicted molar refractivity (Wildman–Crippen MR) is 121 cm³/mol. The first-order valence-corrected chi connectivity index (χ1v) is 11.5. The van der Waals surface area contributed by atoms with E-state index in [-0.39, 0.29) is 0 Å². The largest absolute Gasteiger partial charge is 0.379 e. The van der Waals surface area contributed by atoms with E-state index >= 15 is 0 Å². The Morgan fingerprint density at radius 2 is 1.93 bits per heavy atom. The van der Waals surface area contributed by atoms with Gasteiger partial charge in [0.2, 0.25) is 5.95 Å². The molecule has 5 rings (SSSR count). The van der Waals surface area contributed by atoms with Crippen LogP contribution in [-0.4, -0.2) is 62.2 Å². The highest BCUT2D eigenvalue weighted by Crippen LogP contribution is 2.30. The van der Waals surface area contributed by atoms with E-state index in [1.165, 1.54) is 24.4 Å². The van der Waals surface area contributed by atoms with Crippen LogP contribution >= 0.6 is 11.5 Å². The number of aromatic nitrogens is 4. The van der Waals surface area contributed by atoms with Crippen LogP contribution in [0.1, 0.15) is 31.4 Å². The second-order valence-corrected chi connectivity index (χ2v) is 9.12. The van der Waals surface area contributed by atoms with Gasteiger partial charge in [-0.1, -0.05) is 0 Å². The van der Waals surface area contributed by atoms with E-state index in [4.69, 9.17) is 14.7 Å². The molecule has 0 bridgehead atoms.